The number of hydrogen-bond donors (Lipinski definition) is 1. The number of nitrogens with zero attached hydrogens (tertiary/aromatic N) is 3. The average molecular weight is 339 g/mol. The van der Waals surface area contributed by atoms with E-state index in [0.717, 1.165) is 28.7 Å². The van der Waals surface area contributed by atoms with Crippen molar-refractivity contribution in [3.63, 3.8) is 0 Å². The number of aryl methyl sites for hydroxylation is 1. The van der Waals surface area contributed by atoms with Gasteiger partial charge in [-0.3, -0.25) is 4.68 Å². The van der Waals surface area contributed by atoms with E-state index in [9.17, 15) is 0 Å². The molecule has 6 heteroatoms. The Hall–Kier alpha value is -1.40. The summed E-state index contributed by atoms with van der Waals surface area (Å²) in [4.78, 5) is 4.20. The van der Waals surface area contributed by atoms with Gasteiger partial charge in [-0.05, 0) is 34.3 Å². The van der Waals surface area contributed by atoms with Gasteiger partial charge in [0.15, 0.2) is 0 Å². The van der Waals surface area contributed by atoms with E-state index >= 15 is 0 Å². The van der Waals surface area contributed by atoms with Gasteiger partial charge in [0.2, 0.25) is 5.88 Å². The molecule has 0 fully saturated rings. The molecular weight excluding hydrogens is 320 g/mol. The van der Waals surface area contributed by atoms with Crippen molar-refractivity contribution >= 4 is 15.9 Å². The molecule has 1 atom stereocenters. The Balaban J connectivity index is 2.14. The maximum Gasteiger partial charge on any atom is 0.212 e. The number of halogens is 1. The lowest BCUT2D eigenvalue weighted by Gasteiger charge is -2.15. The van der Waals surface area contributed by atoms with Crippen molar-refractivity contribution in [2.24, 2.45) is 5.73 Å². The Morgan fingerprint density at radius 2 is 2.20 bits per heavy atom. The van der Waals surface area contributed by atoms with Gasteiger partial charge in [0.1, 0.15) is 0 Å². The fourth-order valence-corrected chi connectivity index (χ4v) is 2.72. The van der Waals surface area contributed by atoms with Gasteiger partial charge in [-0.15, -0.1) is 0 Å². The summed E-state index contributed by atoms with van der Waals surface area (Å²) in [5, 5.41) is 4.35. The fraction of sp³-hybridized carbons (Fsp3) is 0.429. The molecule has 1 unspecified atom stereocenters. The summed E-state index contributed by atoms with van der Waals surface area (Å²) in [6.45, 7) is 2.99. The zero-order chi connectivity index (χ0) is 14.5. The van der Waals surface area contributed by atoms with Gasteiger partial charge in [0, 0.05) is 18.8 Å². The smallest absolute Gasteiger partial charge is 0.212 e. The monoisotopic (exact) mass is 338 g/mol. The van der Waals surface area contributed by atoms with Gasteiger partial charge in [-0.1, -0.05) is 13.0 Å². The Bertz CT molecular complexity index is 553. The van der Waals surface area contributed by atoms with Crippen LogP contribution in [0.3, 0.4) is 0 Å². The van der Waals surface area contributed by atoms with E-state index in [2.05, 4.69) is 32.9 Å². The molecule has 0 aliphatic heterocycles. The van der Waals surface area contributed by atoms with Crippen molar-refractivity contribution < 1.29 is 4.74 Å². The summed E-state index contributed by atoms with van der Waals surface area (Å²) in [6.07, 6.45) is 5.34. The van der Waals surface area contributed by atoms with Gasteiger partial charge >= 0.3 is 0 Å². The highest BCUT2D eigenvalue weighted by atomic mass is 79.9. The maximum absolute atomic E-state index is 6.32. The van der Waals surface area contributed by atoms with Gasteiger partial charge in [-0.2, -0.15) is 5.10 Å². The number of methoxy groups -OCH3 is 1. The van der Waals surface area contributed by atoms with E-state index < -0.39 is 0 Å². The second-order valence-corrected chi connectivity index (χ2v) is 5.47. The predicted octanol–water partition coefficient (Wildman–Crippen LogP) is 2.70. The third-order valence-corrected chi connectivity index (χ3v) is 3.69. The molecule has 20 heavy (non-hydrogen) atoms. The van der Waals surface area contributed by atoms with Crippen LogP contribution in [0.15, 0.2) is 29.0 Å². The molecule has 0 radical (unpaired) electrons. The molecule has 0 aliphatic carbocycles. The highest BCUT2D eigenvalue weighted by Gasteiger charge is 2.17. The largest absolute Gasteiger partial charge is 0.481 e. The van der Waals surface area contributed by atoms with Crippen LogP contribution in [0.25, 0.3) is 0 Å². The van der Waals surface area contributed by atoms with Gasteiger partial charge in [0.05, 0.1) is 29.5 Å². The van der Waals surface area contributed by atoms with Crippen LogP contribution in [-0.2, 0) is 13.0 Å². The van der Waals surface area contributed by atoms with Crippen LogP contribution in [0.4, 0.5) is 0 Å². The number of hydrogen-bond acceptors (Lipinski definition) is 4. The molecule has 0 aromatic carbocycles. The highest BCUT2D eigenvalue weighted by molar-refractivity contribution is 9.10. The minimum atomic E-state index is -0.117. The molecule has 2 aromatic rings. The summed E-state index contributed by atoms with van der Waals surface area (Å²) in [6, 6.07) is 3.72. The summed E-state index contributed by atoms with van der Waals surface area (Å²) in [5.41, 5.74) is 8.43. The van der Waals surface area contributed by atoms with Gasteiger partial charge in [0.25, 0.3) is 0 Å². The van der Waals surface area contributed by atoms with E-state index in [0.29, 0.717) is 12.3 Å². The molecule has 0 bridgehead atoms. The first-order valence-corrected chi connectivity index (χ1v) is 7.40. The number of pyridine rings is 1. The molecule has 2 heterocycles. The topological polar surface area (TPSA) is 66.0 Å². The van der Waals surface area contributed by atoms with Crippen LogP contribution in [0.2, 0.25) is 0 Å². The Labute approximate surface area is 127 Å². The molecule has 2 N–H and O–H groups in total. The van der Waals surface area contributed by atoms with Crippen LogP contribution < -0.4 is 10.5 Å². The second-order valence-electron chi connectivity index (χ2n) is 4.62. The van der Waals surface area contributed by atoms with Crippen LogP contribution in [0.5, 0.6) is 5.88 Å². The average Bonchev–Trinajstić information content (AvgIpc) is 2.81. The van der Waals surface area contributed by atoms with Crippen LogP contribution >= 0.6 is 15.9 Å². The minimum Gasteiger partial charge on any atom is -0.481 e. The Morgan fingerprint density at radius 3 is 2.80 bits per heavy atom. The van der Waals surface area contributed by atoms with E-state index in [4.69, 9.17) is 10.5 Å². The summed E-state index contributed by atoms with van der Waals surface area (Å²) in [5.74, 6) is 0.611. The number of aromatic nitrogens is 3. The first-order valence-electron chi connectivity index (χ1n) is 6.61. The maximum atomic E-state index is 6.32. The third-order valence-electron chi connectivity index (χ3n) is 3.08. The first kappa shape index (κ1) is 15.0. The molecule has 0 aliphatic rings. The number of ether oxygens (including phenoxy) is 1. The lowest BCUT2D eigenvalue weighted by atomic mass is 10.1. The molecule has 5 nitrogen and oxygen atoms in total. The third kappa shape index (κ3) is 3.37. The summed E-state index contributed by atoms with van der Waals surface area (Å²) >= 11 is 3.52. The van der Waals surface area contributed by atoms with Crippen molar-refractivity contribution in [1.29, 1.82) is 0 Å². The SMILES string of the molecule is CCCn1ncc(Br)c1C(N)Cc1ccc(OC)nc1. The standard InChI is InChI=1S/C14H19BrN4O/c1-3-6-19-14(11(15)9-18-19)12(16)7-10-4-5-13(20-2)17-8-10/h4-5,8-9,12H,3,6-7,16H2,1-2H3. The lowest BCUT2D eigenvalue weighted by Crippen LogP contribution is -2.19. The summed E-state index contributed by atoms with van der Waals surface area (Å²) in [7, 11) is 1.61. The molecule has 0 spiro atoms. The van der Waals surface area contributed by atoms with Gasteiger partial charge < -0.3 is 10.5 Å². The fourth-order valence-electron chi connectivity index (χ4n) is 2.13. The van der Waals surface area contributed by atoms with Crippen molar-refractivity contribution in [2.75, 3.05) is 7.11 Å². The molecule has 2 rings (SSSR count). The minimum absolute atomic E-state index is 0.117. The van der Waals surface area contributed by atoms with Crippen LogP contribution in [-0.4, -0.2) is 21.9 Å². The molecule has 0 saturated heterocycles. The molecule has 0 amide bonds. The van der Waals surface area contributed by atoms with Crippen LogP contribution in [0, 0.1) is 0 Å². The number of rotatable bonds is 6. The van der Waals surface area contributed by atoms with Crippen molar-refractivity contribution in [1.82, 2.24) is 14.8 Å². The lowest BCUT2D eigenvalue weighted by molar-refractivity contribution is 0.397. The van der Waals surface area contributed by atoms with Gasteiger partial charge in [-0.25, -0.2) is 4.98 Å². The van der Waals surface area contributed by atoms with E-state index in [-0.39, 0.29) is 6.04 Å². The van der Waals surface area contributed by atoms with E-state index in [1.807, 2.05) is 16.8 Å². The second kappa shape index (κ2) is 6.85. The molecule has 0 saturated carbocycles. The number of nitrogens with two attached hydrogens (primary N) is 1. The van der Waals surface area contributed by atoms with E-state index in [1.54, 1.807) is 19.5 Å². The zero-order valence-electron chi connectivity index (χ0n) is 11.7. The van der Waals surface area contributed by atoms with E-state index in [1.165, 1.54) is 0 Å². The van der Waals surface area contributed by atoms with Crippen molar-refractivity contribution in [3.8, 4) is 5.88 Å². The molecule has 108 valence electrons. The van der Waals surface area contributed by atoms with Crippen molar-refractivity contribution in [3.05, 3.63) is 40.3 Å². The highest BCUT2D eigenvalue weighted by Crippen LogP contribution is 2.25. The van der Waals surface area contributed by atoms with Crippen molar-refractivity contribution in [2.45, 2.75) is 32.4 Å². The Kier molecular flexibility index (Phi) is 5.14. The molecule has 2 aromatic heterocycles. The quantitative estimate of drug-likeness (QED) is 0.879. The normalized spacial score (nSPS) is 12.4. The zero-order valence-corrected chi connectivity index (χ0v) is 13.3. The predicted molar refractivity (Wildman–Crippen MR) is 81.6 cm³/mol. The summed E-state index contributed by atoms with van der Waals surface area (Å²) < 4.78 is 7.97. The molecular formula is C14H19BrN4O. The van der Waals surface area contributed by atoms with Crippen LogP contribution in [0.1, 0.15) is 30.6 Å². The first-order chi connectivity index (χ1) is 9.65. The Morgan fingerprint density at radius 1 is 1.40 bits per heavy atom.